The van der Waals surface area contributed by atoms with Crippen LogP contribution in [-0.2, 0) is 24.8 Å². The van der Waals surface area contributed by atoms with Crippen LogP contribution in [-0.4, -0.2) is 40.9 Å². The molecule has 1 unspecified atom stereocenters. The molecule has 2 aromatic rings. The Morgan fingerprint density at radius 1 is 1.00 bits per heavy atom. The SMILES string of the molecule is Cc1ccc(C(=O)OC(C)C(=O)c2ccc(NS(C)(=O)=O)cc2)cc1S(N)(=O)=O. The van der Waals surface area contributed by atoms with Gasteiger partial charge < -0.3 is 4.74 Å². The monoisotopic (exact) mass is 440 g/mol. The highest BCUT2D eigenvalue weighted by Gasteiger charge is 2.22. The van der Waals surface area contributed by atoms with Gasteiger partial charge in [0, 0.05) is 11.3 Å². The molecule has 11 heteroatoms. The van der Waals surface area contributed by atoms with Gasteiger partial charge in [0.25, 0.3) is 0 Å². The molecule has 0 aromatic heterocycles. The summed E-state index contributed by atoms with van der Waals surface area (Å²) in [6.45, 7) is 2.90. The molecule has 156 valence electrons. The van der Waals surface area contributed by atoms with Gasteiger partial charge in [0.2, 0.25) is 25.8 Å². The van der Waals surface area contributed by atoms with E-state index in [0.717, 1.165) is 12.3 Å². The van der Waals surface area contributed by atoms with Gasteiger partial charge in [-0.3, -0.25) is 9.52 Å². The molecule has 3 N–H and O–H groups in total. The smallest absolute Gasteiger partial charge is 0.338 e. The molecule has 2 rings (SSSR count). The first-order valence-corrected chi connectivity index (χ1v) is 11.7. The van der Waals surface area contributed by atoms with Crippen LogP contribution < -0.4 is 9.86 Å². The van der Waals surface area contributed by atoms with Crippen molar-refractivity contribution < 1.29 is 31.2 Å². The van der Waals surface area contributed by atoms with Crippen LogP contribution >= 0.6 is 0 Å². The van der Waals surface area contributed by atoms with Crippen LogP contribution in [0, 0.1) is 6.92 Å². The minimum absolute atomic E-state index is 0.0630. The molecule has 2 aromatic carbocycles. The van der Waals surface area contributed by atoms with E-state index in [2.05, 4.69) is 4.72 Å². The van der Waals surface area contributed by atoms with Gasteiger partial charge in [0.1, 0.15) is 0 Å². The number of Topliss-reactive ketones (excluding diaryl/α,β-unsaturated/α-hetero) is 1. The van der Waals surface area contributed by atoms with E-state index >= 15 is 0 Å². The van der Waals surface area contributed by atoms with E-state index in [9.17, 15) is 26.4 Å². The molecule has 0 saturated carbocycles. The maximum atomic E-state index is 12.5. The molecule has 0 aliphatic heterocycles. The van der Waals surface area contributed by atoms with Crippen molar-refractivity contribution in [3.05, 3.63) is 59.2 Å². The van der Waals surface area contributed by atoms with Crippen LogP contribution in [0.5, 0.6) is 0 Å². The van der Waals surface area contributed by atoms with E-state index < -0.39 is 37.9 Å². The second-order valence-corrected chi connectivity index (χ2v) is 9.67. The van der Waals surface area contributed by atoms with Crippen LogP contribution in [0.3, 0.4) is 0 Å². The second kappa shape index (κ2) is 8.31. The summed E-state index contributed by atoms with van der Waals surface area (Å²) >= 11 is 0. The summed E-state index contributed by atoms with van der Waals surface area (Å²) in [5, 5.41) is 5.13. The molecular formula is C18H20N2O7S2. The summed E-state index contributed by atoms with van der Waals surface area (Å²) in [5.74, 6) is -1.39. The van der Waals surface area contributed by atoms with Gasteiger partial charge in [-0.2, -0.15) is 0 Å². The average Bonchev–Trinajstić information content (AvgIpc) is 2.59. The third kappa shape index (κ3) is 6.11. The molecule has 0 aliphatic carbocycles. The molecule has 0 spiro atoms. The molecule has 9 nitrogen and oxygen atoms in total. The Labute approximate surface area is 169 Å². The number of ether oxygens (including phenoxy) is 1. The quantitative estimate of drug-likeness (QED) is 0.488. The van der Waals surface area contributed by atoms with Crippen molar-refractivity contribution in [1.82, 2.24) is 0 Å². The summed E-state index contributed by atoms with van der Waals surface area (Å²) in [4.78, 5) is 24.6. The standard InChI is InChI=1S/C18H20N2O7S2/c1-11-4-5-14(10-16(11)29(19,25)26)18(22)27-12(2)17(21)13-6-8-15(9-7-13)20-28(3,23)24/h4-10,12,20H,1-3H3,(H2,19,25,26). The maximum Gasteiger partial charge on any atom is 0.338 e. The molecule has 0 fully saturated rings. The lowest BCUT2D eigenvalue weighted by Crippen LogP contribution is -2.25. The van der Waals surface area contributed by atoms with Gasteiger partial charge >= 0.3 is 5.97 Å². The van der Waals surface area contributed by atoms with Crippen LogP contribution in [0.1, 0.15) is 33.2 Å². The topological polar surface area (TPSA) is 150 Å². The normalized spacial score (nSPS) is 12.8. The number of hydrogen-bond acceptors (Lipinski definition) is 7. The van der Waals surface area contributed by atoms with Crippen molar-refractivity contribution in [2.75, 3.05) is 11.0 Å². The molecule has 0 saturated heterocycles. The van der Waals surface area contributed by atoms with Gasteiger partial charge in [-0.05, 0) is 55.8 Å². The van der Waals surface area contributed by atoms with Gasteiger partial charge in [0.15, 0.2) is 6.10 Å². The molecule has 29 heavy (non-hydrogen) atoms. The minimum atomic E-state index is -4.02. The number of carbonyl (C=O) groups is 2. The third-order valence-corrected chi connectivity index (χ3v) is 5.52. The van der Waals surface area contributed by atoms with Crippen LogP contribution in [0.2, 0.25) is 0 Å². The fraction of sp³-hybridized carbons (Fsp3) is 0.222. The number of nitrogens with two attached hydrogens (primary N) is 1. The Morgan fingerprint density at radius 3 is 2.07 bits per heavy atom. The number of primary sulfonamides is 1. The average molecular weight is 440 g/mol. The fourth-order valence-electron chi connectivity index (χ4n) is 2.47. The Balaban J connectivity index is 2.14. The Bertz CT molecular complexity index is 1160. The first-order chi connectivity index (χ1) is 13.3. The van der Waals surface area contributed by atoms with Crippen molar-refractivity contribution in [2.24, 2.45) is 5.14 Å². The lowest BCUT2D eigenvalue weighted by Gasteiger charge is -2.14. The Kier molecular flexibility index (Phi) is 6.46. The number of aryl methyl sites for hydroxylation is 1. The van der Waals surface area contributed by atoms with Gasteiger partial charge in [-0.15, -0.1) is 0 Å². The number of hydrogen-bond donors (Lipinski definition) is 2. The number of esters is 1. The van der Waals surface area contributed by atoms with Crippen molar-refractivity contribution in [1.29, 1.82) is 0 Å². The van der Waals surface area contributed by atoms with Crippen LogP contribution in [0.25, 0.3) is 0 Å². The highest BCUT2D eigenvalue weighted by atomic mass is 32.2. The zero-order chi connectivity index (χ0) is 22.0. The highest BCUT2D eigenvalue weighted by molar-refractivity contribution is 7.92. The van der Waals surface area contributed by atoms with Crippen LogP contribution in [0.15, 0.2) is 47.4 Å². The molecule has 0 radical (unpaired) electrons. The largest absolute Gasteiger partial charge is 0.451 e. The predicted octanol–water partition coefficient (Wildman–Crippen LogP) is 1.44. The molecular weight excluding hydrogens is 420 g/mol. The van der Waals surface area contributed by atoms with Gasteiger partial charge in [0.05, 0.1) is 16.7 Å². The van der Waals surface area contributed by atoms with E-state index in [1.165, 1.54) is 50.2 Å². The first-order valence-electron chi connectivity index (χ1n) is 8.24. The summed E-state index contributed by atoms with van der Waals surface area (Å²) in [6, 6.07) is 9.47. The minimum Gasteiger partial charge on any atom is -0.451 e. The van der Waals surface area contributed by atoms with Gasteiger partial charge in [-0.1, -0.05) is 6.07 Å². The fourth-order valence-corrected chi connectivity index (χ4v) is 3.84. The lowest BCUT2D eigenvalue weighted by molar-refractivity contribution is 0.0318. The van der Waals surface area contributed by atoms with E-state index in [0.29, 0.717) is 5.56 Å². The number of rotatable bonds is 7. The molecule has 0 aliphatic rings. The molecule has 1 atom stereocenters. The zero-order valence-corrected chi connectivity index (χ0v) is 17.5. The van der Waals surface area contributed by atoms with Crippen LogP contribution in [0.4, 0.5) is 5.69 Å². The summed E-state index contributed by atoms with van der Waals surface area (Å²) in [6.07, 6.45) is -0.157. The van der Waals surface area contributed by atoms with Crippen molar-refractivity contribution in [3.8, 4) is 0 Å². The van der Waals surface area contributed by atoms with Crippen molar-refractivity contribution in [2.45, 2.75) is 24.8 Å². The van der Waals surface area contributed by atoms with E-state index in [1.54, 1.807) is 0 Å². The molecule has 0 bridgehead atoms. The predicted molar refractivity (Wildman–Crippen MR) is 107 cm³/mol. The first kappa shape index (κ1) is 22.5. The number of sulfonamides is 2. The summed E-state index contributed by atoms with van der Waals surface area (Å²) < 4.78 is 53.0. The van der Waals surface area contributed by atoms with Gasteiger partial charge in [-0.25, -0.2) is 26.8 Å². The number of anilines is 1. The van der Waals surface area contributed by atoms with Crippen molar-refractivity contribution in [3.63, 3.8) is 0 Å². The Morgan fingerprint density at radius 2 is 1.55 bits per heavy atom. The Hall–Kier alpha value is -2.76. The number of carbonyl (C=O) groups excluding carboxylic acids is 2. The molecule has 0 heterocycles. The highest BCUT2D eigenvalue weighted by Crippen LogP contribution is 2.18. The zero-order valence-electron chi connectivity index (χ0n) is 15.9. The number of ketones is 1. The third-order valence-electron chi connectivity index (χ3n) is 3.86. The molecule has 0 amide bonds. The van der Waals surface area contributed by atoms with E-state index in [-0.39, 0.29) is 21.7 Å². The van der Waals surface area contributed by atoms with E-state index in [4.69, 9.17) is 9.88 Å². The second-order valence-electron chi connectivity index (χ2n) is 6.39. The number of nitrogens with one attached hydrogen (secondary N) is 1. The van der Waals surface area contributed by atoms with E-state index in [1.807, 2.05) is 0 Å². The number of benzene rings is 2. The maximum absolute atomic E-state index is 12.5. The summed E-state index contributed by atoms with van der Waals surface area (Å²) in [7, 11) is -7.46. The lowest BCUT2D eigenvalue weighted by atomic mass is 10.1. The summed E-state index contributed by atoms with van der Waals surface area (Å²) in [5.41, 5.74) is 0.797. The van der Waals surface area contributed by atoms with Crippen molar-refractivity contribution >= 4 is 37.5 Å².